The van der Waals surface area contributed by atoms with Crippen LogP contribution in [-0.4, -0.2) is 5.78 Å². The number of carbonyl (C=O) groups excluding carboxylic acids is 1. The minimum Gasteiger partial charge on any atom is -0.476 e. The number of fused-ring (bicyclic) bond motifs is 3. The number of ether oxygens (including phenoxy) is 1. The lowest BCUT2D eigenvalue weighted by molar-refractivity contribution is -0.120. The van der Waals surface area contributed by atoms with Gasteiger partial charge in [0, 0.05) is 16.7 Å². The molecule has 2 atom stereocenters. The lowest BCUT2D eigenvalue weighted by atomic mass is 9.61. The van der Waals surface area contributed by atoms with Gasteiger partial charge in [-0.25, -0.2) is 0 Å². The largest absolute Gasteiger partial charge is 0.476 e. The second kappa shape index (κ2) is 6.80. The fourth-order valence-electron chi connectivity index (χ4n) is 5.59. The monoisotopic (exact) mass is 414 g/mol. The lowest BCUT2D eigenvalue weighted by Gasteiger charge is -2.41. The van der Waals surface area contributed by atoms with E-state index in [1.807, 2.05) is 84.9 Å². The Balaban J connectivity index is 1.76. The number of ketones is 1. The predicted octanol–water partition coefficient (Wildman–Crippen LogP) is 6.24. The highest BCUT2D eigenvalue weighted by molar-refractivity contribution is 6.16. The topological polar surface area (TPSA) is 26.3 Å². The van der Waals surface area contributed by atoms with E-state index in [1.54, 1.807) is 0 Å². The maximum absolute atomic E-state index is 14.2. The van der Waals surface area contributed by atoms with Gasteiger partial charge >= 0.3 is 0 Å². The van der Waals surface area contributed by atoms with Crippen molar-refractivity contribution in [2.45, 2.75) is 17.9 Å². The van der Waals surface area contributed by atoms with Gasteiger partial charge in [-0.05, 0) is 30.2 Å². The number of hydrogen-bond donors (Lipinski definition) is 0. The summed E-state index contributed by atoms with van der Waals surface area (Å²) in [4.78, 5) is 14.2. The molecule has 0 amide bonds. The third kappa shape index (κ3) is 2.27. The van der Waals surface area contributed by atoms with E-state index in [0.717, 1.165) is 39.1 Å². The summed E-state index contributed by atoms with van der Waals surface area (Å²) in [7, 11) is 0. The molecule has 2 heteroatoms. The van der Waals surface area contributed by atoms with Crippen molar-refractivity contribution in [3.05, 3.63) is 143 Å². The smallest absolute Gasteiger partial charge is 0.181 e. The van der Waals surface area contributed by atoms with Crippen LogP contribution in [0.25, 0.3) is 5.57 Å². The molecule has 6 rings (SSSR count). The second-order valence-corrected chi connectivity index (χ2v) is 8.55. The molecule has 32 heavy (non-hydrogen) atoms. The number of para-hydroxylation sites is 1. The highest BCUT2D eigenvalue weighted by Crippen LogP contribution is 2.66. The van der Waals surface area contributed by atoms with Crippen molar-refractivity contribution >= 4 is 11.4 Å². The average molecular weight is 415 g/mol. The van der Waals surface area contributed by atoms with Gasteiger partial charge in [0.05, 0.1) is 0 Å². The van der Waals surface area contributed by atoms with Crippen LogP contribution in [0.4, 0.5) is 0 Å². The molecule has 2 aliphatic rings. The number of hydrogen-bond acceptors (Lipinski definition) is 2. The molecule has 0 N–H and O–H groups in total. The van der Waals surface area contributed by atoms with Crippen molar-refractivity contribution in [3.8, 4) is 5.75 Å². The van der Waals surface area contributed by atoms with Gasteiger partial charge in [-0.15, -0.1) is 0 Å². The SMILES string of the molecule is Cc1cccc(C2=CC(=O)[C@]3(c4ccccc4)c4ccccc4O[C@]23c2ccccc2)c1. The Bertz CT molecular complexity index is 1370. The van der Waals surface area contributed by atoms with Crippen molar-refractivity contribution in [3.63, 3.8) is 0 Å². The molecule has 0 bridgehead atoms. The predicted molar refractivity (Wildman–Crippen MR) is 127 cm³/mol. The van der Waals surface area contributed by atoms with E-state index in [9.17, 15) is 4.79 Å². The Morgan fingerprint density at radius 1 is 0.688 bits per heavy atom. The first-order valence-electron chi connectivity index (χ1n) is 10.9. The Kier molecular flexibility index (Phi) is 4.00. The van der Waals surface area contributed by atoms with E-state index in [-0.39, 0.29) is 5.78 Å². The lowest BCUT2D eigenvalue weighted by Crippen LogP contribution is -2.51. The van der Waals surface area contributed by atoms with Gasteiger partial charge in [0.2, 0.25) is 0 Å². The second-order valence-electron chi connectivity index (χ2n) is 8.55. The Labute approximate surface area is 187 Å². The number of rotatable bonds is 3. The molecule has 1 aliphatic carbocycles. The van der Waals surface area contributed by atoms with Gasteiger partial charge in [-0.1, -0.05) is 109 Å². The molecule has 4 aromatic carbocycles. The summed E-state index contributed by atoms with van der Waals surface area (Å²) in [6.45, 7) is 2.07. The quantitative estimate of drug-likeness (QED) is 0.397. The summed E-state index contributed by atoms with van der Waals surface area (Å²) in [6, 6.07) is 36.6. The van der Waals surface area contributed by atoms with Crippen LogP contribution in [0.2, 0.25) is 0 Å². The van der Waals surface area contributed by atoms with Crippen LogP contribution in [0.1, 0.15) is 27.8 Å². The molecule has 0 unspecified atom stereocenters. The zero-order chi connectivity index (χ0) is 21.8. The summed E-state index contributed by atoms with van der Waals surface area (Å²) in [5.41, 5.74) is 3.89. The average Bonchev–Trinajstić information content (AvgIpc) is 3.29. The van der Waals surface area contributed by atoms with Crippen molar-refractivity contribution < 1.29 is 9.53 Å². The van der Waals surface area contributed by atoms with E-state index < -0.39 is 11.0 Å². The molecule has 4 aromatic rings. The number of benzene rings is 4. The minimum atomic E-state index is -0.996. The first-order chi connectivity index (χ1) is 15.7. The van der Waals surface area contributed by atoms with Crippen LogP contribution in [0.3, 0.4) is 0 Å². The molecule has 0 fully saturated rings. The Morgan fingerprint density at radius 2 is 1.34 bits per heavy atom. The number of carbonyl (C=O) groups is 1. The zero-order valence-corrected chi connectivity index (χ0v) is 17.8. The van der Waals surface area contributed by atoms with Gasteiger partial charge in [0.1, 0.15) is 11.2 Å². The van der Waals surface area contributed by atoms with Crippen LogP contribution in [0.15, 0.2) is 115 Å². The highest BCUT2D eigenvalue weighted by atomic mass is 16.5. The van der Waals surface area contributed by atoms with Crippen LogP contribution >= 0.6 is 0 Å². The van der Waals surface area contributed by atoms with Crippen molar-refractivity contribution in [1.29, 1.82) is 0 Å². The first-order valence-corrected chi connectivity index (χ1v) is 10.9. The molecule has 0 saturated carbocycles. The fourth-order valence-corrected chi connectivity index (χ4v) is 5.59. The van der Waals surface area contributed by atoms with E-state index in [4.69, 9.17) is 4.74 Å². The summed E-state index contributed by atoms with van der Waals surface area (Å²) in [5.74, 6) is 0.806. The van der Waals surface area contributed by atoms with Crippen LogP contribution in [-0.2, 0) is 15.8 Å². The third-order valence-corrected chi connectivity index (χ3v) is 6.82. The summed E-state index contributed by atoms with van der Waals surface area (Å²) in [6.07, 6.45) is 1.81. The molecule has 1 heterocycles. The highest BCUT2D eigenvalue weighted by Gasteiger charge is 2.70. The molecule has 0 saturated heterocycles. The number of aryl methyl sites for hydroxylation is 1. The molecule has 1 aliphatic heterocycles. The third-order valence-electron chi connectivity index (χ3n) is 6.82. The van der Waals surface area contributed by atoms with E-state index in [1.165, 1.54) is 0 Å². The summed E-state index contributed by atoms with van der Waals surface area (Å²) >= 11 is 0. The maximum atomic E-state index is 14.2. The molecular weight excluding hydrogens is 392 g/mol. The standard InChI is InChI=1S/C30H22O2/c1-21-11-10-12-22(19-21)26-20-28(31)29(23-13-4-2-5-14-23)25-17-8-9-18-27(25)32-30(26,29)24-15-6-3-7-16-24/h2-20H,1H3/t29-,30+/m0/s1. The number of allylic oxidation sites excluding steroid dienone is 1. The fraction of sp³-hybridized carbons (Fsp3) is 0.100. The van der Waals surface area contributed by atoms with Crippen LogP contribution < -0.4 is 4.74 Å². The van der Waals surface area contributed by atoms with E-state index in [2.05, 4.69) is 37.3 Å². The van der Waals surface area contributed by atoms with Crippen LogP contribution in [0, 0.1) is 6.92 Å². The van der Waals surface area contributed by atoms with Crippen molar-refractivity contribution in [2.24, 2.45) is 0 Å². The Hall–Kier alpha value is -3.91. The van der Waals surface area contributed by atoms with E-state index in [0.29, 0.717) is 0 Å². The molecule has 154 valence electrons. The molecule has 2 nitrogen and oxygen atoms in total. The van der Waals surface area contributed by atoms with Crippen molar-refractivity contribution in [1.82, 2.24) is 0 Å². The summed E-state index contributed by atoms with van der Waals surface area (Å²) in [5, 5.41) is 0. The van der Waals surface area contributed by atoms with Crippen molar-refractivity contribution in [2.75, 3.05) is 0 Å². The van der Waals surface area contributed by atoms with Gasteiger partial charge in [0.25, 0.3) is 0 Å². The van der Waals surface area contributed by atoms with Crippen LogP contribution in [0.5, 0.6) is 5.75 Å². The van der Waals surface area contributed by atoms with Gasteiger partial charge < -0.3 is 4.74 Å². The Morgan fingerprint density at radius 3 is 2.06 bits per heavy atom. The van der Waals surface area contributed by atoms with Gasteiger partial charge in [-0.2, -0.15) is 0 Å². The minimum absolute atomic E-state index is 0.0500. The first kappa shape index (κ1) is 18.8. The maximum Gasteiger partial charge on any atom is 0.181 e. The molecule has 0 radical (unpaired) electrons. The summed E-state index contributed by atoms with van der Waals surface area (Å²) < 4.78 is 6.95. The van der Waals surface area contributed by atoms with E-state index >= 15 is 0 Å². The molecule has 0 spiro atoms. The van der Waals surface area contributed by atoms with Gasteiger partial charge in [0.15, 0.2) is 11.4 Å². The molecule has 0 aromatic heterocycles. The van der Waals surface area contributed by atoms with Gasteiger partial charge in [-0.3, -0.25) is 4.79 Å². The zero-order valence-electron chi connectivity index (χ0n) is 17.8. The normalized spacial score (nSPS) is 23.3. The molecular formula is C30H22O2.